The van der Waals surface area contributed by atoms with Crippen LogP contribution in [0.1, 0.15) is 18.4 Å². The fourth-order valence-electron chi connectivity index (χ4n) is 1.43. The molecular formula is C13H20N2O2. The quantitative estimate of drug-likeness (QED) is 0.630. The molecule has 1 aromatic carbocycles. The molecule has 0 spiro atoms. The second kappa shape index (κ2) is 8.73. The number of carbonyl (C=O) groups is 1. The van der Waals surface area contributed by atoms with Gasteiger partial charge in [0.2, 0.25) is 5.91 Å². The van der Waals surface area contributed by atoms with Crippen LogP contribution >= 0.6 is 0 Å². The van der Waals surface area contributed by atoms with Crippen molar-refractivity contribution >= 4 is 5.91 Å². The third-order valence-electron chi connectivity index (χ3n) is 2.30. The summed E-state index contributed by atoms with van der Waals surface area (Å²) in [7, 11) is 0. The maximum Gasteiger partial charge on any atom is 0.231 e. The molecule has 94 valence electrons. The lowest BCUT2D eigenvalue weighted by molar-refractivity contribution is -0.117. The number of unbranched alkanes of at least 4 members (excludes halogenated alkanes) is 1. The highest BCUT2D eigenvalue weighted by Gasteiger charge is 1.94. The van der Waals surface area contributed by atoms with E-state index in [1.54, 1.807) is 0 Å². The van der Waals surface area contributed by atoms with Gasteiger partial charge in [-0.25, -0.2) is 0 Å². The van der Waals surface area contributed by atoms with Gasteiger partial charge < -0.3 is 15.8 Å². The molecule has 1 rings (SSSR count). The molecule has 0 aromatic heterocycles. The lowest BCUT2D eigenvalue weighted by atomic mass is 10.2. The fourth-order valence-corrected chi connectivity index (χ4v) is 1.43. The van der Waals surface area contributed by atoms with Crippen molar-refractivity contribution in [2.75, 3.05) is 19.7 Å². The SMILES string of the molecule is NC(=O)CNCCCCOCc1ccccc1. The predicted molar refractivity (Wildman–Crippen MR) is 67.4 cm³/mol. The van der Waals surface area contributed by atoms with Gasteiger partial charge in [-0.3, -0.25) is 4.79 Å². The Hall–Kier alpha value is -1.39. The number of rotatable bonds is 9. The number of nitrogens with two attached hydrogens (primary N) is 1. The van der Waals surface area contributed by atoms with E-state index in [-0.39, 0.29) is 12.5 Å². The van der Waals surface area contributed by atoms with Crippen molar-refractivity contribution < 1.29 is 9.53 Å². The lowest BCUT2D eigenvalue weighted by Crippen LogP contribution is -2.29. The number of hydrogen-bond donors (Lipinski definition) is 2. The number of nitrogens with one attached hydrogen (secondary N) is 1. The highest BCUT2D eigenvalue weighted by atomic mass is 16.5. The van der Waals surface area contributed by atoms with Crippen molar-refractivity contribution in [3.63, 3.8) is 0 Å². The number of hydrogen-bond acceptors (Lipinski definition) is 3. The van der Waals surface area contributed by atoms with Crippen LogP contribution in [-0.4, -0.2) is 25.6 Å². The van der Waals surface area contributed by atoms with Gasteiger partial charge in [0, 0.05) is 6.61 Å². The minimum atomic E-state index is -0.315. The minimum absolute atomic E-state index is 0.255. The molecule has 0 heterocycles. The lowest BCUT2D eigenvalue weighted by Gasteiger charge is -2.04. The standard InChI is InChI=1S/C13H20N2O2/c14-13(16)10-15-8-4-5-9-17-11-12-6-2-1-3-7-12/h1-3,6-7,15H,4-5,8-11H2,(H2,14,16). The van der Waals surface area contributed by atoms with E-state index in [2.05, 4.69) is 17.4 Å². The van der Waals surface area contributed by atoms with Crippen LogP contribution in [-0.2, 0) is 16.1 Å². The zero-order chi connectivity index (χ0) is 12.3. The van der Waals surface area contributed by atoms with Crippen molar-refractivity contribution in [1.29, 1.82) is 0 Å². The van der Waals surface area contributed by atoms with Crippen molar-refractivity contribution in [3.8, 4) is 0 Å². The Balaban J connectivity index is 1.90. The van der Waals surface area contributed by atoms with Crippen LogP contribution in [0.3, 0.4) is 0 Å². The summed E-state index contributed by atoms with van der Waals surface area (Å²) in [5.74, 6) is -0.315. The number of benzene rings is 1. The number of ether oxygens (including phenoxy) is 1. The summed E-state index contributed by atoms with van der Waals surface area (Å²) in [5, 5.41) is 2.96. The van der Waals surface area contributed by atoms with Crippen LogP contribution in [0.25, 0.3) is 0 Å². The Labute approximate surface area is 102 Å². The first-order chi connectivity index (χ1) is 8.29. The molecule has 0 radical (unpaired) electrons. The summed E-state index contributed by atoms with van der Waals surface area (Å²) >= 11 is 0. The normalized spacial score (nSPS) is 10.4. The molecule has 4 heteroatoms. The van der Waals surface area contributed by atoms with E-state index < -0.39 is 0 Å². The van der Waals surface area contributed by atoms with Gasteiger partial charge in [0.25, 0.3) is 0 Å². The molecule has 0 unspecified atom stereocenters. The number of carbonyl (C=O) groups excluding carboxylic acids is 1. The van der Waals surface area contributed by atoms with E-state index in [9.17, 15) is 4.79 Å². The second-order valence-corrected chi connectivity index (χ2v) is 3.89. The maximum absolute atomic E-state index is 10.4. The largest absolute Gasteiger partial charge is 0.377 e. The van der Waals surface area contributed by atoms with E-state index in [1.807, 2.05) is 18.2 Å². The third kappa shape index (κ3) is 7.49. The summed E-state index contributed by atoms with van der Waals surface area (Å²) in [4.78, 5) is 10.4. The predicted octanol–water partition coefficient (Wildman–Crippen LogP) is 1.06. The molecule has 1 aromatic rings. The van der Waals surface area contributed by atoms with Gasteiger partial charge >= 0.3 is 0 Å². The molecule has 0 saturated heterocycles. The zero-order valence-corrected chi connectivity index (χ0v) is 10.0. The van der Waals surface area contributed by atoms with Crippen LogP contribution in [0.2, 0.25) is 0 Å². The Morgan fingerprint density at radius 1 is 1.24 bits per heavy atom. The first kappa shape index (κ1) is 13.7. The average molecular weight is 236 g/mol. The smallest absolute Gasteiger partial charge is 0.231 e. The molecule has 0 bridgehead atoms. The summed E-state index contributed by atoms with van der Waals surface area (Å²) < 4.78 is 5.53. The average Bonchev–Trinajstić information content (AvgIpc) is 2.33. The topological polar surface area (TPSA) is 64.4 Å². The van der Waals surface area contributed by atoms with Crippen LogP contribution in [0.5, 0.6) is 0 Å². The van der Waals surface area contributed by atoms with E-state index >= 15 is 0 Å². The fraction of sp³-hybridized carbons (Fsp3) is 0.462. The van der Waals surface area contributed by atoms with Gasteiger partial charge in [0.05, 0.1) is 13.2 Å². The molecule has 0 atom stereocenters. The molecule has 0 aliphatic carbocycles. The molecule has 4 nitrogen and oxygen atoms in total. The Morgan fingerprint density at radius 3 is 2.71 bits per heavy atom. The van der Waals surface area contributed by atoms with Gasteiger partial charge in [-0.05, 0) is 24.9 Å². The van der Waals surface area contributed by atoms with Crippen LogP contribution in [0.4, 0.5) is 0 Å². The van der Waals surface area contributed by atoms with Crippen LogP contribution < -0.4 is 11.1 Å². The van der Waals surface area contributed by atoms with E-state index in [4.69, 9.17) is 10.5 Å². The van der Waals surface area contributed by atoms with Crippen molar-refractivity contribution in [2.45, 2.75) is 19.4 Å². The molecule has 3 N–H and O–H groups in total. The molecule has 0 fully saturated rings. The number of primary amides is 1. The monoisotopic (exact) mass is 236 g/mol. The summed E-state index contributed by atoms with van der Waals surface area (Å²) in [5.41, 5.74) is 6.19. The Bertz CT molecular complexity index is 314. The minimum Gasteiger partial charge on any atom is -0.377 e. The molecule has 1 amide bonds. The van der Waals surface area contributed by atoms with Crippen molar-refractivity contribution in [3.05, 3.63) is 35.9 Å². The summed E-state index contributed by atoms with van der Waals surface area (Å²) in [6, 6.07) is 10.1. The van der Waals surface area contributed by atoms with Gasteiger partial charge in [-0.15, -0.1) is 0 Å². The third-order valence-corrected chi connectivity index (χ3v) is 2.30. The highest BCUT2D eigenvalue weighted by molar-refractivity contribution is 5.75. The number of amides is 1. The molecular weight excluding hydrogens is 216 g/mol. The zero-order valence-electron chi connectivity index (χ0n) is 10.0. The summed E-state index contributed by atoms with van der Waals surface area (Å²) in [6.07, 6.45) is 1.97. The van der Waals surface area contributed by atoms with Crippen molar-refractivity contribution in [1.82, 2.24) is 5.32 Å². The van der Waals surface area contributed by atoms with Crippen LogP contribution in [0, 0.1) is 0 Å². The van der Waals surface area contributed by atoms with E-state index in [0.29, 0.717) is 6.61 Å². The first-order valence-electron chi connectivity index (χ1n) is 5.90. The van der Waals surface area contributed by atoms with E-state index in [1.165, 1.54) is 5.56 Å². The van der Waals surface area contributed by atoms with E-state index in [0.717, 1.165) is 26.0 Å². The second-order valence-electron chi connectivity index (χ2n) is 3.89. The van der Waals surface area contributed by atoms with Gasteiger partial charge in [0.1, 0.15) is 0 Å². The molecule has 0 aliphatic rings. The van der Waals surface area contributed by atoms with Crippen LogP contribution in [0.15, 0.2) is 30.3 Å². The summed E-state index contributed by atoms with van der Waals surface area (Å²) in [6.45, 7) is 2.46. The van der Waals surface area contributed by atoms with Gasteiger partial charge in [0.15, 0.2) is 0 Å². The van der Waals surface area contributed by atoms with Gasteiger partial charge in [-0.1, -0.05) is 30.3 Å². The van der Waals surface area contributed by atoms with Crippen molar-refractivity contribution in [2.24, 2.45) is 5.73 Å². The van der Waals surface area contributed by atoms with Gasteiger partial charge in [-0.2, -0.15) is 0 Å². The molecule has 17 heavy (non-hydrogen) atoms. The molecule has 0 aliphatic heterocycles. The maximum atomic E-state index is 10.4. The Morgan fingerprint density at radius 2 is 2.00 bits per heavy atom. The highest BCUT2D eigenvalue weighted by Crippen LogP contribution is 2.01. The first-order valence-corrected chi connectivity index (χ1v) is 5.90. The molecule has 0 saturated carbocycles. The Kier molecular flexibility index (Phi) is 7.02.